The van der Waals surface area contributed by atoms with Gasteiger partial charge in [0, 0.05) is 12.3 Å². The average Bonchev–Trinajstić information content (AvgIpc) is 3.04. The molecule has 2 fully saturated rings. The Labute approximate surface area is 209 Å². The Balaban J connectivity index is 1.62. The summed E-state index contributed by atoms with van der Waals surface area (Å²) >= 11 is 0. The largest absolute Gasteiger partial charge is 0.505 e. The van der Waals surface area contributed by atoms with E-state index >= 15 is 0 Å². The van der Waals surface area contributed by atoms with Gasteiger partial charge in [-0.25, -0.2) is 0 Å². The first-order chi connectivity index (χ1) is 15.9. The molecule has 0 aliphatic heterocycles. The van der Waals surface area contributed by atoms with Gasteiger partial charge in [-0.2, -0.15) is 0 Å². The maximum atomic E-state index is 11.8. The first kappa shape index (κ1) is 25.8. The minimum absolute atomic E-state index is 0.0291. The van der Waals surface area contributed by atoms with Gasteiger partial charge in [0.2, 0.25) is 0 Å². The van der Waals surface area contributed by atoms with Crippen LogP contribution < -0.4 is 0 Å². The molecule has 4 aliphatic rings. The Morgan fingerprint density at radius 2 is 1.76 bits per heavy atom. The number of allylic oxidation sites excluding steroid dienone is 3. The van der Waals surface area contributed by atoms with E-state index < -0.39 is 0 Å². The molecule has 0 aromatic rings. The fraction of sp³-hybridized carbons (Fsp3) is 0.839. The SMILES string of the molecule is CO/C=C/CC[C@@H](C)[C@H]1CC[C@@]2(C)C3=C(CC[C@]12C)[C@@]1(C)CC[C@H](OC(C)=O)C(C)(C)[C@@H]1CC3. The number of esters is 1. The van der Waals surface area contributed by atoms with E-state index in [0.717, 1.165) is 31.1 Å². The smallest absolute Gasteiger partial charge is 0.302 e. The van der Waals surface area contributed by atoms with Gasteiger partial charge in [-0.3, -0.25) is 4.79 Å². The lowest BCUT2D eigenvalue weighted by Crippen LogP contribution is -2.55. The van der Waals surface area contributed by atoms with Gasteiger partial charge >= 0.3 is 5.97 Å². The zero-order chi connectivity index (χ0) is 24.9. The van der Waals surface area contributed by atoms with Crippen LogP contribution in [0.15, 0.2) is 23.5 Å². The maximum Gasteiger partial charge on any atom is 0.302 e. The van der Waals surface area contributed by atoms with Crippen molar-refractivity contribution in [1.82, 2.24) is 0 Å². The first-order valence-electron chi connectivity index (χ1n) is 14.0. The lowest BCUT2D eigenvalue weighted by molar-refractivity contribution is -0.167. The van der Waals surface area contributed by atoms with E-state index in [4.69, 9.17) is 9.47 Å². The van der Waals surface area contributed by atoms with E-state index in [1.807, 2.05) is 17.4 Å². The van der Waals surface area contributed by atoms with Crippen LogP contribution in [0.4, 0.5) is 0 Å². The second kappa shape index (κ2) is 9.00. The molecular weight excluding hydrogens is 420 g/mol. The van der Waals surface area contributed by atoms with Crippen LogP contribution in [0, 0.1) is 39.4 Å². The summed E-state index contributed by atoms with van der Waals surface area (Å²) in [7, 11) is 1.73. The number of hydrogen-bond donors (Lipinski definition) is 0. The lowest BCUT2D eigenvalue weighted by Gasteiger charge is -2.62. The van der Waals surface area contributed by atoms with Crippen molar-refractivity contribution in [2.75, 3.05) is 7.11 Å². The molecule has 34 heavy (non-hydrogen) atoms. The standard InChI is InChI=1S/C31H50O3/c1-21(11-9-10-20-33-8)23-14-18-31(7)25-12-13-26-28(3,4)27(34-22(2)32)16-17-29(26,5)24(25)15-19-30(23,31)6/h10,20-21,23,26-27H,9,11-19H2,1-8H3/b20-10+/t21-,23-,26+,27+,29-,30-,31+/m1/s1. The van der Waals surface area contributed by atoms with Crippen molar-refractivity contribution in [3.8, 4) is 0 Å². The fourth-order valence-electron chi connectivity index (χ4n) is 9.75. The monoisotopic (exact) mass is 470 g/mol. The highest BCUT2D eigenvalue weighted by Crippen LogP contribution is 2.72. The van der Waals surface area contributed by atoms with Crippen molar-refractivity contribution in [1.29, 1.82) is 0 Å². The number of methoxy groups -OCH3 is 1. The van der Waals surface area contributed by atoms with Gasteiger partial charge in [-0.05, 0) is 104 Å². The molecule has 7 atom stereocenters. The molecule has 0 radical (unpaired) electrons. The predicted molar refractivity (Wildman–Crippen MR) is 139 cm³/mol. The predicted octanol–water partition coefficient (Wildman–Crippen LogP) is 8.24. The minimum atomic E-state index is -0.123. The van der Waals surface area contributed by atoms with Gasteiger partial charge in [-0.1, -0.05) is 52.7 Å². The number of fused-ring (bicyclic) bond motifs is 4. The van der Waals surface area contributed by atoms with Gasteiger partial charge in [0.25, 0.3) is 0 Å². The Kier molecular flexibility index (Phi) is 6.84. The Morgan fingerprint density at radius 3 is 2.44 bits per heavy atom. The van der Waals surface area contributed by atoms with E-state index in [9.17, 15) is 4.79 Å². The second-order valence-electron chi connectivity index (χ2n) is 13.5. The van der Waals surface area contributed by atoms with E-state index in [-0.39, 0.29) is 22.9 Å². The third-order valence-corrected chi connectivity index (χ3v) is 11.8. The molecule has 3 nitrogen and oxygen atoms in total. The van der Waals surface area contributed by atoms with Crippen LogP contribution in [-0.2, 0) is 14.3 Å². The third-order valence-electron chi connectivity index (χ3n) is 11.8. The number of carbonyl (C=O) groups excluding carboxylic acids is 1. The van der Waals surface area contributed by atoms with Crippen molar-refractivity contribution < 1.29 is 14.3 Å². The first-order valence-corrected chi connectivity index (χ1v) is 14.0. The lowest BCUT2D eigenvalue weighted by atomic mass is 9.43. The third kappa shape index (κ3) is 3.79. The van der Waals surface area contributed by atoms with Crippen LogP contribution >= 0.6 is 0 Å². The molecule has 0 heterocycles. The van der Waals surface area contributed by atoms with Crippen LogP contribution in [0.25, 0.3) is 0 Å². The van der Waals surface area contributed by atoms with Crippen molar-refractivity contribution in [2.45, 2.75) is 119 Å². The van der Waals surface area contributed by atoms with Crippen LogP contribution in [0.2, 0.25) is 0 Å². The highest BCUT2D eigenvalue weighted by atomic mass is 16.5. The van der Waals surface area contributed by atoms with Gasteiger partial charge in [0.15, 0.2) is 0 Å². The fourth-order valence-corrected chi connectivity index (χ4v) is 9.75. The van der Waals surface area contributed by atoms with Crippen LogP contribution in [0.1, 0.15) is 113 Å². The number of carbonyl (C=O) groups is 1. The quantitative estimate of drug-likeness (QED) is 0.223. The molecule has 4 rings (SSSR count). The molecule has 0 saturated heterocycles. The maximum absolute atomic E-state index is 11.8. The van der Waals surface area contributed by atoms with Crippen molar-refractivity contribution in [2.24, 2.45) is 39.4 Å². The molecule has 0 amide bonds. The summed E-state index contributed by atoms with van der Waals surface area (Å²) in [5, 5.41) is 0. The molecule has 0 aromatic heterocycles. The van der Waals surface area contributed by atoms with Crippen molar-refractivity contribution in [3.63, 3.8) is 0 Å². The number of hydrogen-bond acceptors (Lipinski definition) is 3. The van der Waals surface area contributed by atoms with Crippen LogP contribution in [0.5, 0.6) is 0 Å². The normalized spacial score (nSPS) is 42.1. The Hall–Kier alpha value is -1.25. The number of ether oxygens (including phenoxy) is 2. The average molecular weight is 471 g/mol. The van der Waals surface area contributed by atoms with Gasteiger partial charge in [-0.15, -0.1) is 0 Å². The molecule has 0 spiro atoms. The summed E-state index contributed by atoms with van der Waals surface area (Å²) in [6.07, 6.45) is 16.4. The minimum Gasteiger partial charge on any atom is -0.505 e. The Bertz CT molecular complexity index is 853. The highest BCUT2D eigenvalue weighted by molar-refractivity contribution is 5.66. The zero-order valence-electron chi connectivity index (χ0n) is 23.3. The highest BCUT2D eigenvalue weighted by Gasteiger charge is 2.63. The molecule has 0 aromatic carbocycles. The van der Waals surface area contributed by atoms with Gasteiger partial charge in [0.1, 0.15) is 6.10 Å². The summed E-state index contributed by atoms with van der Waals surface area (Å²) < 4.78 is 11.0. The topological polar surface area (TPSA) is 35.5 Å². The van der Waals surface area contributed by atoms with Crippen molar-refractivity contribution in [3.05, 3.63) is 23.5 Å². The summed E-state index contributed by atoms with van der Waals surface area (Å²) in [6, 6.07) is 0. The van der Waals surface area contributed by atoms with E-state index in [2.05, 4.69) is 47.6 Å². The Morgan fingerprint density at radius 1 is 1.03 bits per heavy atom. The zero-order valence-corrected chi connectivity index (χ0v) is 23.3. The molecule has 0 bridgehead atoms. The van der Waals surface area contributed by atoms with E-state index in [1.54, 1.807) is 14.0 Å². The van der Waals surface area contributed by atoms with Crippen molar-refractivity contribution >= 4 is 5.97 Å². The molecule has 2 saturated carbocycles. The molecule has 0 N–H and O–H groups in total. The van der Waals surface area contributed by atoms with E-state index in [1.165, 1.54) is 44.9 Å². The molecule has 3 heteroatoms. The molecule has 0 unspecified atom stereocenters. The summed E-state index contributed by atoms with van der Waals surface area (Å²) in [6.45, 7) is 16.7. The van der Waals surface area contributed by atoms with Crippen LogP contribution in [-0.4, -0.2) is 19.2 Å². The number of rotatable bonds is 6. The summed E-state index contributed by atoms with van der Waals surface area (Å²) in [5.74, 6) is 2.03. The summed E-state index contributed by atoms with van der Waals surface area (Å²) in [5.41, 5.74) is 4.69. The van der Waals surface area contributed by atoms with E-state index in [0.29, 0.717) is 16.7 Å². The molecule has 4 aliphatic carbocycles. The molecular formula is C31H50O3. The second-order valence-corrected chi connectivity index (χ2v) is 13.5. The van der Waals surface area contributed by atoms with Gasteiger partial charge < -0.3 is 9.47 Å². The van der Waals surface area contributed by atoms with Gasteiger partial charge in [0.05, 0.1) is 13.4 Å². The summed E-state index contributed by atoms with van der Waals surface area (Å²) in [4.78, 5) is 11.8. The molecule has 192 valence electrons. The van der Waals surface area contributed by atoms with Crippen LogP contribution in [0.3, 0.4) is 0 Å².